The quantitative estimate of drug-likeness (QED) is 0.748. The van der Waals surface area contributed by atoms with Gasteiger partial charge < -0.3 is 10.4 Å². The van der Waals surface area contributed by atoms with Gasteiger partial charge in [0.2, 0.25) is 0 Å². The molecular formula is C12H21NO2. The van der Waals surface area contributed by atoms with Gasteiger partial charge in [-0.05, 0) is 37.6 Å². The predicted octanol–water partition coefficient (Wildman–Crippen LogP) is 2.02. The van der Waals surface area contributed by atoms with Gasteiger partial charge in [0.25, 0.3) is 0 Å². The minimum atomic E-state index is -0.620. The van der Waals surface area contributed by atoms with Crippen LogP contribution in [0.25, 0.3) is 0 Å². The van der Waals surface area contributed by atoms with E-state index in [4.69, 9.17) is 0 Å². The number of hydrogen-bond donors (Lipinski definition) is 2. The second-order valence-corrected chi connectivity index (χ2v) is 5.06. The third-order valence-electron chi connectivity index (χ3n) is 4.28. The lowest BCUT2D eigenvalue weighted by molar-refractivity contribution is -0.146. The molecule has 1 aliphatic heterocycles. The van der Waals surface area contributed by atoms with E-state index in [1.165, 1.54) is 12.8 Å². The normalized spacial score (nSPS) is 39.3. The Kier molecular flexibility index (Phi) is 3.01. The molecule has 0 unspecified atom stereocenters. The molecule has 3 nitrogen and oxygen atoms in total. The maximum atomic E-state index is 11.5. The number of rotatable bonds is 4. The lowest BCUT2D eigenvalue weighted by Crippen LogP contribution is -2.52. The summed E-state index contributed by atoms with van der Waals surface area (Å²) >= 11 is 0. The Morgan fingerprint density at radius 2 is 2.33 bits per heavy atom. The molecule has 0 aromatic heterocycles. The highest BCUT2D eigenvalue weighted by Crippen LogP contribution is 2.45. The lowest BCUT2D eigenvalue weighted by atomic mass is 9.78. The van der Waals surface area contributed by atoms with Crippen molar-refractivity contribution in [2.45, 2.75) is 51.0 Å². The van der Waals surface area contributed by atoms with Gasteiger partial charge in [0.15, 0.2) is 0 Å². The van der Waals surface area contributed by atoms with Crippen LogP contribution in [-0.2, 0) is 4.79 Å². The highest BCUT2D eigenvalue weighted by Gasteiger charge is 2.54. The van der Waals surface area contributed by atoms with Crippen LogP contribution in [0.4, 0.5) is 0 Å². The van der Waals surface area contributed by atoms with Gasteiger partial charge in [0, 0.05) is 0 Å². The van der Waals surface area contributed by atoms with Gasteiger partial charge >= 0.3 is 5.97 Å². The molecule has 86 valence electrons. The summed E-state index contributed by atoms with van der Waals surface area (Å²) in [4.78, 5) is 11.5. The van der Waals surface area contributed by atoms with E-state index in [0.717, 1.165) is 32.2 Å². The number of carboxylic acids is 1. The highest BCUT2D eigenvalue weighted by molar-refractivity contribution is 5.80. The van der Waals surface area contributed by atoms with E-state index < -0.39 is 11.5 Å². The summed E-state index contributed by atoms with van der Waals surface area (Å²) in [6.07, 6.45) is 6.45. The number of unbranched alkanes of at least 4 members (excludes halogenated alkanes) is 1. The van der Waals surface area contributed by atoms with Gasteiger partial charge in [-0.1, -0.05) is 26.2 Å². The summed E-state index contributed by atoms with van der Waals surface area (Å²) in [5.41, 5.74) is -0.586. The zero-order chi connectivity index (χ0) is 10.9. The van der Waals surface area contributed by atoms with Crippen LogP contribution in [-0.4, -0.2) is 23.2 Å². The van der Waals surface area contributed by atoms with Gasteiger partial charge in [-0.2, -0.15) is 0 Å². The van der Waals surface area contributed by atoms with Crippen LogP contribution in [0.15, 0.2) is 0 Å². The molecule has 2 aliphatic rings. The first kappa shape index (κ1) is 10.9. The maximum Gasteiger partial charge on any atom is 0.324 e. The SMILES string of the molecule is CCCC[C@]1(C(=O)O)NC[C@@H]2CCC[C@@H]21. The highest BCUT2D eigenvalue weighted by atomic mass is 16.4. The van der Waals surface area contributed by atoms with Crippen molar-refractivity contribution in [3.05, 3.63) is 0 Å². The molecule has 0 aromatic rings. The minimum absolute atomic E-state index is 0.390. The summed E-state index contributed by atoms with van der Waals surface area (Å²) in [5, 5.41) is 12.8. The Morgan fingerprint density at radius 1 is 1.53 bits per heavy atom. The molecule has 0 bridgehead atoms. The van der Waals surface area contributed by atoms with E-state index in [9.17, 15) is 9.90 Å². The van der Waals surface area contributed by atoms with Crippen molar-refractivity contribution >= 4 is 5.97 Å². The summed E-state index contributed by atoms with van der Waals surface area (Å²) in [6.45, 7) is 3.04. The molecule has 2 fully saturated rings. The summed E-state index contributed by atoms with van der Waals surface area (Å²) < 4.78 is 0. The lowest BCUT2D eigenvalue weighted by Gasteiger charge is -2.30. The van der Waals surface area contributed by atoms with E-state index >= 15 is 0 Å². The topological polar surface area (TPSA) is 49.3 Å². The van der Waals surface area contributed by atoms with E-state index in [-0.39, 0.29) is 0 Å². The molecule has 3 atom stereocenters. The molecule has 0 amide bonds. The Hall–Kier alpha value is -0.570. The van der Waals surface area contributed by atoms with Crippen LogP contribution < -0.4 is 5.32 Å². The summed E-state index contributed by atoms with van der Waals surface area (Å²) in [7, 11) is 0. The molecule has 0 radical (unpaired) electrons. The van der Waals surface area contributed by atoms with Gasteiger partial charge in [-0.3, -0.25) is 4.79 Å². The smallest absolute Gasteiger partial charge is 0.324 e. The molecule has 0 aromatic carbocycles. The predicted molar refractivity (Wildman–Crippen MR) is 58.7 cm³/mol. The molecular weight excluding hydrogens is 190 g/mol. The molecule has 1 saturated heterocycles. The number of carboxylic acid groups (broad SMARTS) is 1. The summed E-state index contributed by atoms with van der Waals surface area (Å²) in [5.74, 6) is 0.393. The molecule has 1 heterocycles. The number of aliphatic carboxylic acids is 1. The van der Waals surface area contributed by atoms with E-state index in [1.54, 1.807) is 0 Å². The zero-order valence-corrected chi connectivity index (χ0v) is 9.46. The first-order valence-corrected chi connectivity index (χ1v) is 6.19. The fraction of sp³-hybridized carbons (Fsp3) is 0.917. The maximum absolute atomic E-state index is 11.5. The van der Waals surface area contributed by atoms with Crippen molar-refractivity contribution in [2.75, 3.05) is 6.54 Å². The molecule has 2 rings (SSSR count). The monoisotopic (exact) mass is 211 g/mol. The average molecular weight is 211 g/mol. The molecule has 3 heteroatoms. The first-order valence-electron chi connectivity index (χ1n) is 6.19. The molecule has 1 saturated carbocycles. The van der Waals surface area contributed by atoms with Crippen molar-refractivity contribution < 1.29 is 9.90 Å². The third-order valence-corrected chi connectivity index (χ3v) is 4.28. The van der Waals surface area contributed by atoms with Crippen LogP contribution in [0.2, 0.25) is 0 Å². The minimum Gasteiger partial charge on any atom is -0.480 e. The van der Waals surface area contributed by atoms with Gasteiger partial charge in [-0.25, -0.2) is 0 Å². The van der Waals surface area contributed by atoms with Crippen LogP contribution in [0.1, 0.15) is 45.4 Å². The Balaban J connectivity index is 2.15. The van der Waals surface area contributed by atoms with Gasteiger partial charge in [0.05, 0.1) is 0 Å². The number of hydrogen-bond acceptors (Lipinski definition) is 2. The zero-order valence-electron chi connectivity index (χ0n) is 9.46. The van der Waals surface area contributed by atoms with Crippen molar-refractivity contribution in [1.82, 2.24) is 5.32 Å². The van der Waals surface area contributed by atoms with Gasteiger partial charge in [-0.15, -0.1) is 0 Å². The van der Waals surface area contributed by atoms with Crippen LogP contribution >= 0.6 is 0 Å². The third kappa shape index (κ3) is 1.67. The van der Waals surface area contributed by atoms with E-state index in [0.29, 0.717) is 11.8 Å². The standard InChI is InChI=1S/C12H21NO2/c1-2-3-7-12(11(14)15)10-6-4-5-9(10)8-13-12/h9-10,13H,2-8H2,1H3,(H,14,15)/t9-,10-,12-/m0/s1. The van der Waals surface area contributed by atoms with Crippen LogP contribution in [0.3, 0.4) is 0 Å². The molecule has 2 N–H and O–H groups in total. The Bertz CT molecular complexity index is 254. The van der Waals surface area contributed by atoms with Crippen molar-refractivity contribution in [1.29, 1.82) is 0 Å². The van der Waals surface area contributed by atoms with Crippen LogP contribution in [0, 0.1) is 11.8 Å². The number of carbonyl (C=O) groups is 1. The fourth-order valence-electron chi connectivity index (χ4n) is 3.44. The first-order chi connectivity index (χ1) is 7.20. The second kappa shape index (κ2) is 4.12. The van der Waals surface area contributed by atoms with Crippen LogP contribution in [0.5, 0.6) is 0 Å². The van der Waals surface area contributed by atoms with Gasteiger partial charge in [0.1, 0.15) is 5.54 Å². The van der Waals surface area contributed by atoms with E-state index in [1.807, 2.05) is 0 Å². The van der Waals surface area contributed by atoms with Crippen molar-refractivity contribution in [3.8, 4) is 0 Å². The fourth-order valence-corrected chi connectivity index (χ4v) is 3.44. The second-order valence-electron chi connectivity index (χ2n) is 5.06. The molecule has 0 spiro atoms. The van der Waals surface area contributed by atoms with E-state index in [2.05, 4.69) is 12.2 Å². The largest absolute Gasteiger partial charge is 0.480 e. The average Bonchev–Trinajstić information content (AvgIpc) is 2.76. The molecule has 15 heavy (non-hydrogen) atoms. The molecule has 1 aliphatic carbocycles. The van der Waals surface area contributed by atoms with Crippen molar-refractivity contribution in [2.24, 2.45) is 11.8 Å². The number of nitrogens with one attached hydrogen (secondary N) is 1. The Labute approximate surface area is 91.2 Å². The summed E-state index contributed by atoms with van der Waals surface area (Å²) in [6, 6.07) is 0. The Morgan fingerprint density at radius 3 is 3.00 bits per heavy atom. The van der Waals surface area contributed by atoms with Crippen molar-refractivity contribution in [3.63, 3.8) is 0 Å². The number of fused-ring (bicyclic) bond motifs is 1.